The van der Waals surface area contributed by atoms with Crippen LogP contribution in [0.4, 0.5) is 0 Å². The third-order valence-corrected chi connectivity index (χ3v) is 2.81. The molecule has 0 saturated heterocycles. The first-order valence-electron chi connectivity index (χ1n) is 5.01. The molecule has 0 aromatic heterocycles. The maximum atomic E-state index is 10.9. The minimum Gasteiger partial charge on any atom is -0.448 e. The summed E-state index contributed by atoms with van der Waals surface area (Å²) in [7, 11) is 0. The number of hydrogen-bond donors (Lipinski definition) is 0. The Bertz CT molecular complexity index is 312. The minimum absolute atomic E-state index is 0.320. The zero-order valence-corrected chi connectivity index (χ0v) is 10.5. The maximum absolute atomic E-state index is 10.9. The van der Waals surface area contributed by atoms with E-state index in [-0.39, 0.29) is 11.4 Å². The van der Waals surface area contributed by atoms with E-state index in [4.69, 9.17) is 11.2 Å². The Morgan fingerprint density at radius 3 is 2.00 bits per heavy atom. The van der Waals surface area contributed by atoms with Gasteiger partial charge in [-0.3, -0.25) is 4.79 Å². The summed E-state index contributed by atoms with van der Waals surface area (Å²) in [5, 5.41) is 0. The predicted molar refractivity (Wildman–Crippen MR) is 62.2 cm³/mol. The Balaban J connectivity index is 5.08. The molecule has 0 aliphatic rings. The van der Waals surface area contributed by atoms with E-state index < -0.39 is 6.10 Å². The van der Waals surface area contributed by atoms with Crippen LogP contribution in [-0.4, -0.2) is 12.1 Å². The molecule has 84 valence electrons. The smallest absolute Gasteiger partial charge is 0.303 e. The van der Waals surface area contributed by atoms with Gasteiger partial charge in [-0.15, -0.1) is 6.42 Å². The second-order valence-corrected chi connectivity index (χ2v) is 4.50. The van der Waals surface area contributed by atoms with Crippen molar-refractivity contribution in [3.8, 4) is 12.3 Å². The van der Waals surface area contributed by atoms with Crippen molar-refractivity contribution in [3.63, 3.8) is 0 Å². The number of hydrogen-bond acceptors (Lipinski definition) is 2. The van der Waals surface area contributed by atoms with Gasteiger partial charge in [-0.1, -0.05) is 30.9 Å². The molecule has 0 aliphatic heterocycles. The summed E-state index contributed by atoms with van der Waals surface area (Å²) in [5.41, 5.74) is 2.04. The van der Waals surface area contributed by atoms with Gasteiger partial charge in [0.05, 0.1) is 0 Å². The third-order valence-electron chi connectivity index (χ3n) is 2.81. The number of carbonyl (C=O) groups is 1. The largest absolute Gasteiger partial charge is 0.448 e. The van der Waals surface area contributed by atoms with Crippen LogP contribution in [0.25, 0.3) is 0 Å². The van der Waals surface area contributed by atoms with E-state index in [9.17, 15) is 4.79 Å². The van der Waals surface area contributed by atoms with Crippen LogP contribution in [0.15, 0.2) is 11.1 Å². The molecule has 0 rings (SSSR count). The van der Waals surface area contributed by atoms with E-state index >= 15 is 0 Å². The van der Waals surface area contributed by atoms with Crippen LogP contribution in [0.1, 0.15) is 41.5 Å². The van der Waals surface area contributed by atoms with Crippen molar-refractivity contribution in [2.45, 2.75) is 47.6 Å². The highest BCUT2D eigenvalue weighted by Gasteiger charge is 2.32. The van der Waals surface area contributed by atoms with Crippen molar-refractivity contribution in [2.24, 2.45) is 5.41 Å². The Morgan fingerprint density at radius 2 is 1.73 bits per heavy atom. The molecule has 0 aliphatic carbocycles. The van der Waals surface area contributed by atoms with Gasteiger partial charge in [0.25, 0.3) is 0 Å². The molecule has 15 heavy (non-hydrogen) atoms. The highest BCUT2D eigenvalue weighted by atomic mass is 16.5. The molecule has 2 heteroatoms. The lowest BCUT2D eigenvalue weighted by atomic mass is 9.78. The van der Waals surface area contributed by atoms with Gasteiger partial charge in [0.15, 0.2) is 6.10 Å². The Kier molecular flexibility index (Phi) is 4.61. The number of rotatable bonds is 3. The van der Waals surface area contributed by atoms with Crippen LogP contribution < -0.4 is 0 Å². The van der Waals surface area contributed by atoms with Gasteiger partial charge in [-0.25, -0.2) is 0 Å². The van der Waals surface area contributed by atoms with Gasteiger partial charge in [-0.05, 0) is 20.8 Å². The molecule has 1 unspecified atom stereocenters. The SMILES string of the molecule is C#CC(OC(C)=O)C(C)(C)C(C)=C(C)C. The molecule has 0 saturated carbocycles. The second kappa shape index (κ2) is 5.02. The standard InChI is InChI=1S/C13H20O2/c1-8-12(15-11(5)14)13(6,7)10(4)9(2)3/h1,12H,2-7H3. The average Bonchev–Trinajstić information content (AvgIpc) is 2.11. The number of terminal acetylenes is 1. The fourth-order valence-electron chi connectivity index (χ4n) is 1.40. The summed E-state index contributed by atoms with van der Waals surface area (Å²) in [5.74, 6) is 2.19. The monoisotopic (exact) mass is 208 g/mol. The molecule has 0 heterocycles. The summed E-state index contributed by atoms with van der Waals surface area (Å²) in [6.45, 7) is 11.4. The lowest BCUT2D eigenvalue weighted by molar-refractivity contribution is -0.147. The van der Waals surface area contributed by atoms with Crippen LogP contribution >= 0.6 is 0 Å². The number of allylic oxidation sites excluding steroid dienone is 1. The first kappa shape index (κ1) is 13.8. The average molecular weight is 208 g/mol. The van der Waals surface area contributed by atoms with Crippen LogP contribution in [0, 0.1) is 17.8 Å². The first-order chi connectivity index (χ1) is 6.73. The van der Waals surface area contributed by atoms with Gasteiger partial charge in [0.1, 0.15) is 0 Å². The van der Waals surface area contributed by atoms with Crippen LogP contribution in [-0.2, 0) is 9.53 Å². The number of carbonyl (C=O) groups excluding carboxylic acids is 1. The zero-order valence-electron chi connectivity index (χ0n) is 10.5. The van der Waals surface area contributed by atoms with E-state index in [1.807, 2.05) is 34.6 Å². The topological polar surface area (TPSA) is 26.3 Å². The highest BCUT2D eigenvalue weighted by Crippen LogP contribution is 2.33. The van der Waals surface area contributed by atoms with Crippen LogP contribution in [0.2, 0.25) is 0 Å². The molecule has 0 spiro atoms. The predicted octanol–water partition coefficient (Wildman–Crippen LogP) is 2.93. The molecule has 2 nitrogen and oxygen atoms in total. The zero-order chi connectivity index (χ0) is 12.2. The molecule has 1 atom stereocenters. The van der Waals surface area contributed by atoms with Gasteiger partial charge in [0, 0.05) is 12.3 Å². The Labute approximate surface area is 92.7 Å². The molecule has 0 aromatic carbocycles. The van der Waals surface area contributed by atoms with Crippen LogP contribution in [0.3, 0.4) is 0 Å². The van der Waals surface area contributed by atoms with Crippen molar-refractivity contribution in [2.75, 3.05) is 0 Å². The highest BCUT2D eigenvalue weighted by molar-refractivity contribution is 5.66. The minimum atomic E-state index is -0.509. The summed E-state index contributed by atoms with van der Waals surface area (Å²) in [6, 6.07) is 0. The lowest BCUT2D eigenvalue weighted by Crippen LogP contribution is -2.33. The molecular weight excluding hydrogens is 188 g/mol. The number of esters is 1. The Hall–Kier alpha value is -1.23. The van der Waals surface area contributed by atoms with E-state index in [1.54, 1.807) is 0 Å². The summed E-state index contributed by atoms with van der Waals surface area (Å²) in [6.07, 6.45) is 4.89. The van der Waals surface area contributed by atoms with Crippen LogP contribution in [0.5, 0.6) is 0 Å². The van der Waals surface area contributed by atoms with Gasteiger partial charge in [-0.2, -0.15) is 0 Å². The molecule has 0 bridgehead atoms. The number of ether oxygens (including phenoxy) is 1. The summed E-state index contributed by atoms with van der Waals surface area (Å²) >= 11 is 0. The van der Waals surface area contributed by atoms with Crippen molar-refractivity contribution in [1.29, 1.82) is 0 Å². The molecule has 0 aromatic rings. The van der Waals surface area contributed by atoms with Crippen molar-refractivity contribution in [1.82, 2.24) is 0 Å². The summed E-state index contributed by atoms with van der Waals surface area (Å²) < 4.78 is 5.13. The normalized spacial score (nSPS) is 12.6. The quantitative estimate of drug-likeness (QED) is 0.405. The molecule has 0 N–H and O–H groups in total. The van der Waals surface area contributed by atoms with Gasteiger partial charge in [0.2, 0.25) is 0 Å². The molecule has 0 radical (unpaired) electrons. The van der Waals surface area contributed by atoms with Gasteiger partial charge < -0.3 is 4.74 Å². The fourth-order valence-corrected chi connectivity index (χ4v) is 1.40. The first-order valence-corrected chi connectivity index (χ1v) is 5.01. The molecular formula is C13H20O2. The fraction of sp³-hybridized carbons (Fsp3) is 0.615. The summed E-state index contributed by atoms with van der Waals surface area (Å²) in [4.78, 5) is 10.9. The molecule has 0 amide bonds. The second-order valence-electron chi connectivity index (χ2n) is 4.50. The van der Waals surface area contributed by atoms with Crippen molar-refractivity contribution < 1.29 is 9.53 Å². The third kappa shape index (κ3) is 3.43. The van der Waals surface area contributed by atoms with E-state index in [2.05, 4.69) is 5.92 Å². The molecule has 0 fully saturated rings. The maximum Gasteiger partial charge on any atom is 0.303 e. The lowest BCUT2D eigenvalue weighted by Gasteiger charge is -2.32. The van der Waals surface area contributed by atoms with Gasteiger partial charge >= 0.3 is 5.97 Å². The van der Waals surface area contributed by atoms with Crippen molar-refractivity contribution in [3.05, 3.63) is 11.1 Å². The van der Waals surface area contributed by atoms with Crippen molar-refractivity contribution >= 4 is 5.97 Å². The Morgan fingerprint density at radius 1 is 1.27 bits per heavy atom. The van der Waals surface area contributed by atoms with E-state index in [1.165, 1.54) is 12.5 Å². The van der Waals surface area contributed by atoms with E-state index in [0.717, 1.165) is 5.57 Å². The van der Waals surface area contributed by atoms with E-state index in [0.29, 0.717) is 0 Å².